The van der Waals surface area contributed by atoms with Crippen molar-refractivity contribution in [1.29, 1.82) is 0 Å². The SMILES string of the molecule is Cc1ccccc1C12CC(C(=O)O)(C1)C2F. The number of carboxylic acid groups (broad SMARTS) is 1. The Kier molecular flexibility index (Phi) is 1.63. The first-order valence-corrected chi connectivity index (χ1v) is 5.46. The molecule has 16 heavy (non-hydrogen) atoms. The quantitative estimate of drug-likeness (QED) is 0.831. The summed E-state index contributed by atoms with van der Waals surface area (Å²) >= 11 is 0. The number of carbonyl (C=O) groups is 1. The minimum absolute atomic E-state index is 0.460. The van der Waals surface area contributed by atoms with E-state index >= 15 is 0 Å². The number of aryl methyl sites for hydroxylation is 1. The molecule has 1 atom stereocenters. The van der Waals surface area contributed by atoms with Crippen LogP contribution in [0.4, 0.5) is 4.39 Å². The van der Waals surface area contributed by atoms with Gasteiger partial charge < -0.3 is 5.11 Å². The van der Waals surface area contributed by atoms with E-state index in [9.17, 15) is 9.18 Å². The molecule has 84 valence electrons. The molecular formula is C13H13FO2. The molecule has 0 spiro atoms. The fraction of sp³-hybridized carbons (Fsp3) is 0.462. The van der Waals surface area contributed by atoms with Crippen LogP contribution < -0.4 is 0 Å². The lowest BCUT2D eigenvalue weighted by Gasteiger charge is -2.70. The Morgan fingerprint density at radius 1 is 1.44 bits per heavy atom. The van der Waals surface area contributed by atoms with Crippen LogP contribution in [0.15, 0.2) is 24.3 Å². The second-order valence-corrected chi connectivity index (χ2v) is 5.15. The first-order chi connectivity index (χ1) is 7.53. The van der Waals surface area contributed by atoms with E-state index in [0.29, 0.717) is 12.8 Å². The van der Waals surface area contributed by atoms with Gasteiger partial charge in [0.25, 0.3) is 0 Å². The van der Waals surface area contributed by atoms with Crippen LogP contribution in [0.2, 0.25) is 0 Å². The van der Waals surface area contributed by atoms with E-state index < -0.39 is 23.0 Å². The van der Waals surface area contributed by atoms with Gasteiger partial charge in [-0.15, -0.1) is 0 Å². The van der Waals surface area contributed by atoms with Crippen LogP contribution in [0.3, 0.4) is 0 Å². The molecule has 0 aliphatic heterocycles. The van der Waals surface area contributed by atoms with Crippen LogP contribution in [-0.2, 0) is 10.2 Å². The average Bonchev–Trinajstić information content (AvgIpc) is 2.18. The van der Waals surface area contributed by atoms with Crippen molar-refractivity contribution in [2.24, 2.45) is 5.41 Å². The Bertz CT molecular complexity index is 475. The molecular weight excluding hydrogens is 207 g/mol. The molecule has 1 aromatic carbocycles. The molecule has 2 bridgehead atoms. The van der Waals surface area contributed by atoms with Crippen molar-refractivity contribution in [3.63, 3.8) is 0 Å². The maximum absolute atomic E-state index is 14.0. The Morgan fingerprint density at radius 3 is 2.56 bits per heavy atom. The highest BCUT2D eigenvalue weighted by Crippen LogP contribution is 2.75. The van der Waals surface area contributed by atoms with E-state index in [-0.39, 0.29) is 0 Å². The van der Waals surface area contributed by atoms with Gasteiger partial charge in [0.1, 0.15) is 11.6 Å². The minimum atomic E-state index is -1.21. The van der Waals surface area contributed by atoms with Crippen molar-refractivity contribution in [3.8, 4) is 0 Å². The number of hydrogen-bond donors (Lipinski definition) is 1. The van der Waals surface area contributed by atoms with Gasteiger partial charge in [-0.2, -0.15) is 0 Å². The third-order valence-electron chi connectivity index (χ3n) is 4.34. The zero-order chi connectivity index (χ0) is 11.6. The van der Waals surface area contributed by atoms with Gasteiger partial charge in [0.15, 0.2) is 0 Å². The van der Waals surface area contributed by atoms with E-state index in [0.717, 1.165) is 11.1 Å². The average molecular weight is 220 g/mol. The lowest BCUT2D eigenvalue weighted by Crippen LogP contribution is -2.77. The summed E-state index contributed by atoms with van der Waals surface area (Å²) in [5, 5.41) is 8.99. The standard InChI is InChI=1S/C13H13FO2/c1-8-4-2-3-5-9(8)12-6-13(7-12,10(12)14)11(15)16/h2-5,10H,6-7H2,1H3,(H,15,16). The molecule has 0 amide bonds. The number of aliphatic carboxylic acids is 1. The third-order valence-corrected chi connectivity index (χ3v) is 4.34. The predicted molar refractivity (Wildman–Crippen MR) is 57.1 cm³/mol. The number of rotatable bonds is 2. The molecule has 3 fully saturated rings. The maximum Gasteiger partial charge on any atom is 0.312 e. The van der Waals surface area contributed by atoms with Crippen molar-refractivity contribution >= 4 is 5.97 Å². The summed E-state index contributed by atoms with van der Waals surface area (Å²) in [4.78, 5) is 11.0. The van der Waals surface area contributed by atoms with E-state index in [1.807, 2.05) is 31.2 Å². The van der Waals surface area contributed by atoms with E-state index in [4.69, 9.17) is 5.11 Å². The predicted octanol–water partition coefficient (Wildman–Crippen LogP) is 2.45. The highest BCUT2D eigenvalue weighted by Gasteiger charge is 2.81. The van der Waals surface area contributed by atoms with Gasteiger partial charge in [-0.1, -0.05) is 24.3 Å². The molecule has 1 N–H and O–H groups in total. The molecule has 0 saturated heterocycles. The van der Waals surface area contributed by atoms with Gasteiger partial charge in [0.2, 0.25) is 0 Å². The van der Waals surface area contributed by atoms with Crippen LogP contribution >= 0.6 is 0 Å². The number of benzene rings is 1. The molecule has 1 aromatic rings. The van der Waals surface area contributed by atoms with Gasteiger partial charge in [0, 0.05) is 5.41 Å². The number of hydrogen-bond acceptors (Lipinski definition) is 1. The number of carboxylic acids is 1. The zero-order valence-electron chi connectivity index (χ0n) is 9.03. The lowest BCUT2D eigenvalue weighted by molar-refractivity contribution is -0.237. The summed E-state index contributed by atoms with van der Waals surface area (Å²) in [5.74, 6) is -0.976. The summed E-state index contributed by atoms with van der Waals surface area (Å²) in [7, 11) is 0. The van der Waals surface area contributed by atoms with Crippen molar-refractivity contribution < 1.29 is 14.3 Å². The van der Waals surface area contributed by atoms with Crippen molar-refractivity contribution in [2.45, 2.75) is 31.4 Å². The molecule has 4 rings (SSSR count). The molecule has 3 aliphatic carbocycles. The van der Waals surface area contributed by atoms with Crippen molar-refractivity contribution in [1.82, 2.24) is 0 Å². The zero-order valence-corrected chi connectivity index (χ0v) is 9.03. The Balaban J connectivity index is 1.97. The second-order valence-electron chi connectivity index (χ2n) is 5.15. The Hall–Kier alpha value is -1.38. The van der Waals surface area contributed by atoms with Gasteiger partial charge in [-0.25, -0.2) is 4.39 Å². The summed E-state index contributed by atoms with van der Waals surface area (Å²) in [6, 6.07) is 7.69. The van der Waals surface area contributed by atoms with Gasteiger partial charge in [-0.05, 0) is 30.9 Å². The fourth-order valence-corrected chi connectivity index (χ4v) is 3.42. The molecule has 3 aliphatic rings. The van der Waals surface area contributed by atoms with Crippen LogP contribution in [0.1, 0.15) is 24.0 Å². The Morgan fingerprint density at radius 2 is 2.06 bits per heavy atom. The molecule has 3 heteroatoms. The smallest absolute Gasteiger partial charge is 0.312 e. The van der Waals surface area contributed by atoms with Crippen LogP contribution in [0.25, 0.3) is 0 Å². The molecule has 1 unspecified atom stereocenters. The van der Waals surface area contributed by atoms with Crippen LogP contribution in [0, 0.1) is 12.3 Å². The van der Waals surface area contributed by atoms with Crippen LogP contribution in [0.5, 0.6) is 0 Å². The lowest BCUT2D eigenvalue weighted by atomic mass is 9.32. The minimum Gasteiger partial charge on any atom is -0.481 e. The molecule has 3 saturated carbocycles. The van der Waals surface area contributed by atoms with Crippen molar-refractivity contribution in [2.75, 3.05) is 0 Å². The first-order valence-electron chi connectivity index (χ1n) is 5.46. The summed E-state index contributed by atoms with van der Waals surface area (Å²) in [6.07, 6.45) is -0.290. The topological polar surface area (TPSA) is 37.3 Å². The van der Waals surface area contributed by atoms with Crippen LogP contribution in [-0.4, -0.2) is 17.2 Å². The highest BCUT2D eigenvalue weighted by atomic mass is 19.1. The summed E-state index contributed by atoms with van der Waals surface area (Å²) < 4.78 is 14.0. The second kappa shape index (κ2) is 2.65. The Labute approximate surface area is 93.1 Å². The molecule has 0 radical (unpaired) electrons. The van der Waals surface area contributed by atoms with E-state index in [2.05, 4.69) is 0 Å². The van der Waals surface area contributed by atoms with Crippen molar-refractivity contribution in [3.05, 3.63) is 35.4 Å². The van der Waals surface area contributed by atoms with Gasteiger partial charge >= 0.3 is 5.97 Å². The fourth-order valence-electron chi connectivity index (χ4n) is 3.42. The van der Waals surface area contributed by atoms with E-state index in [1.165, 1.54) is 0 Å². The number of halogens is 1. The normalized spacial score (nSPS) is 39.8. The molecule has 0 aromatic heterocycles. The van der Waals surface area contributed by atoms with Gasteiger partial charge in [0.05, 0.1) is 0 Å². The van der Waals surface area contributed by atoms with Gasteiger partial charge in [-0.3, -0.25) is 4.79 Å². The maximum atomic E-state index is 14.0. The molecule has 0 heterocycles. The van der Waals surface area contributed by atoms with E-state index in [1.54, 1.807) is 0 Å². The summed E-state index contributed by atoms with van der Waals surface area (Å²) in [6.45, 7) is 1.95. The number of alkyl halides is 1. The summed E-state index contributed by atoms with van der Waals surface area (Å²) in [5.41, 5.74) is 0.487. The monoisotopic (exact) mass is 220 g/mol. The molecule has 2 nitrogen and oxygen atoms in total. The third kappa shape index (κ3) is 0.819. The first kappa shape index (κ1) is 9.82. The highest BCUT2D eigenvalue weighted by molar-refractivity contribution is 5.82. The largest absolute Gasteiger partial charge is 0.481 e.